The Balaban J connectivity index is 1.20. The van der Waals surface area contributed by atoms with E-state index < -0.39 is 17.6 Å². The number of carbonyl (C=O) groups excluding carboxylic acids is 2. The second kappa shape index (κ2) is 14.6. The largest absolute Gasteiger partial charge is 0.504 e. The van der Waals surface area contributed by atoms with Crippen molar-refractivity contribution < 1.29 is 38.0 Å². The van der Waals surface area contributed by atoms with Crippen LogP contribution in [0.5, 0.6) is 34.5 Å². The molecule has 1 aliphatic heterocycles. The van der Waals surface area contributed by atoms with E-state index in [1.54, 1.807) is 43.6 Å². The molecular weight excluding hydrogens is 583 g/mol. The molecule has 45 heavy (non-hydrogen) atoms. The lowest BCUT2D eigenvalue weighted by Gasteiger charge is -2.23. The molecule has 4 N–H and O–H groups in total. The first-order valence-corrected chi connectivity index (χ1v) is 14.6. The lowest BCUT2D eigenvalue weighted by Crippen LogP contribution is -2.36. The van der Waals surface area contributed by atoms with Crippen LogP contribution in [0.25, 0.3) is 10.9 Å². The average molecular weight is 619 g/mol. The number of aromatic nitrogens is 1. The zero-order valence-electron chi connectivity index (χ0n) is 25.0. The van der Waals surface area contributed by atoms with E-state index in [9.17, 15) is 14.7 Å². The third-order valence-corrected chi connectivity index (χ3v) is 7.49. The van der Waals surface area contributed by atoms with Crippen molar-refractivity contribution in [3.63, 3.8) is 0 Å². The molecule has 1 aromatic heterocycles. The van der Waals surface area contributed by atoms with Crippen LogP contribution >= 0.6 is 0 Å². The lowest BCUT2D eigenvalue weighted by molar-refractivity contribution is -0.136. The Morgan fingerprint density at radius 1 is 0.956 bits per heavy atom. The molecule has 1 saturated heterocycles. The third-order valence-electron chi connectivity index (χ3n) is 7.49. The zero-order chi connectivity index (χ0) is 31.8. The predicted molar refractivity (Wildman–Crippen MR) is 166 cm³/mol. The van der Waals surface area contributed by atoms with E-state index in [1.165, 1.54) is 25.3 Å². The average Bonchev–Trinajstić information content (AvgIpc) is 3.05. The number of piperidine rings is 1. The van der Waals surface area contributed by atoms with Crippen LogP contribution in [0.2, 0.25) is 0 Å². The summed E-state index contributed by atoms with van der Waals surface area (Å²) in [7, 11) is 2.99. The minimum atomic E-state index is -0.953. The first-order valence-electron chi connectivity index (χ1n) is 14.6. The topological polar surface area (TPSA) is 140 Å². The Morgan fingerprint density at radius 2 is 1.73 bits per heavy atom. The van der Waals surface area contributed by atoms with E-state index in [-0.39, 0.29) is 23.7 Å². The summed E-state index contributed by atoms with van der Waals surface area (Å²) in [6, 6.07) is 13.9. The second-order valence-corrected chi connectivity index (χ2v) is 10.5. The summed E-state index contributed by atoms with van der Waals surface area (Å²) in [5, 5.41) is 18.7. The van der Waals surface area contributed by atoms with Crippen molar-refractivity contribution >= 4 is 28.4 Å². The smallest absolute Gasteiger partial charge is 0.313 e. The summed E-state index contributed by atoms with van der Waals surface area (Å²) in [6.45, 7) is 2.67. The molecular formula is C33H35FN4O7. The molecule has 0 spiro atoms. The number of phenols is 1. The van der Waals surface area contributed by atoms with Crippen molar-refractivity contribution in [2.75, 3.05) is 45.8 Å². The molecule has 12 heteroatoms. The quantitative estimate of drug-likeness (QED) is 0.178. The number of carbonyl (C=O) groups is 2. The van der Waals surface area contributed by atoms with Gasteiger partial charge >= 0.3 is 11.8 Å². The summed E-state index contributed by atoms with van der Waals surface area (Å²) in [4.78, 5) is 29.1. The monoisotopic (exact) mass is 618 g/mol. The number of amides is 2. The molecule has 236 valence electrons. The van der Waals surface area contributed by atoms with Crippen LogP contribution in [0.1, 0.15) is 18.4 Å². The van der Waals surface area contributed by atoms with Gasteiger partial charge < -0.3 is 40.0 Å². The number of hydrogen-bond donors (Lipinski definition) is 4. The van der Waals surface area contributed by atoms with Crippen LogP contribution < -0.4 is 34.9 Å². The van der Waals surface area contributed by atoms with Gasteiger partial charge in [0.25, 0.3) is 0 Å². The van der Waals surface area contributed by atoms with Crippen molar-refractivity contribution in [1.82, 2.24) is 15.6 Å². The summed E-state index contributed by atoms with van der Waals surface area (Å²) in [5.41, 5.74) is 1.34. The zero-order valence-corrected chi connectivity index (χ0v) is 25.0. The molecule has 0 unspecified atom stereocenters. The number of ether oxygens (including phenoxy) is 4. The Kier molecular flexibility index (Phi) is 10.2. The van der Waals surface area contributed by atoms with E-state index >= 15 is 4.39 Å². The number of methoxy groups -OCH3 is 2. The maximum absolute atomic E-state index is 15.1. The molecule has 2 amide bonds. The minimum absolute atomic E-state index is 0.0209. The number of rotatable bonds is 11. The number of nitrogens with one attached hydrogen (secondary N) is 3. The number of fused-ring (bicyclic) bond motifs is 1. The summed E-state index contributed by atoms with van der Waals surface area (Å²) >= 11 is 0. The van der Waals surface area contributed by atoms with Crippen molar-refractivity contribution in [1.29, 1.82) is 0 Å². The summed E-state index contributed by atoms with van der Waals surface area (Å²) < 4.78 is 37.7. The Hall–Kier alpha value is -5.10. The van der Waals surface area contributed by atoms with Crippen LogP contribution in [-0.2, 0) is 16.0 Å². The van der Waals surface area contributed by atoms with E-state index in [1.807, 2.05) is 0 Å². The van der Waals surface area contributed by atoms with Crippen molar-refractivity contribution in [2.45, 2.75) is 19.3 Å². The first-order chi connectivity index (χ1) is 21.9. The number of pyridine rings is 1. The van der Waals surface area contributed by atoms with Gasteiger partial charge in [-0.1, -0.05) is 6.07 Å². The number of hydrogen-bond acceptors (Lipinski definition) is 9. The van der Waals surface area contributed by atoms with E-state index in [0.717, 1.165) is 37.6 Å². The molecule has 4 aromatic rings. The highest BCUT2D eigenvalue weighted by Gasteiger charge is 2.19. The number of nitrogens with zero attached hydrogens (tertiary/aromatic N) is 1. The van der Waals surface area contributed by atoms with Crippen molar-refractivity contribution in [2.24, 2.45) is 5.92 Å². The van der Waals surface area contributed by atoms with Gasteiger partial charge in [0.2, 0.25) is 0 Å². The predicted octanol–water partition coefficient (Wildman–Crippen LogP) is 4.56. The number of benzene rings is 3. The molecule has 0 radical (unpaired) electrons. The van der Waals surface area contributed by atoms with E-state index in [4.69, 9.17) is 18.9 Å². The molecule has 0 bridgehead atoms. The first kappa shape index (κ1) is 31.3. The highest BCUT2D eigenvalue weighted by molar-refractivity contribution is 6.39. The summed E-state index contributed by atoms with van der Waals surface area (Å²) in [5.74, 6) is -0.506. The fourth-order valence-corrected chi connectivity index (χ4v) is 5.06. The van der Waals surface area contributed by atoms with Crippen LogP contribution in [0, 0.1) is 11.7 Å². The van der Waals surface area contributed by atoms with Gasteiger partial charge in [0.05, 0.1) is 20.8 Å². The number of anilines is 1. The maximum Gasteiger partial charge on any atom is 0.313 e. The molecule has 5 rings (SSSR count). The normalized spacial score (nSPS) is 13.2. The van der Waals surface area contributed by atoms with Gasteiger partial charge in [0, 0.05) is 29.9 Å². The van der Waals surface area contributed by atoms with E-state index in [0.29, 0.717) is 52.8 Å². The molecule has 3 aromatic carbocycles. The molecule has 1 fully saturated rings. The van der Waals surface area contributed by atoms with Crippen molar-refractivity contribution in [3.8, 4) is 34.5 Å². The highest BCUT2D eigenvalue weighted by atomic mass is 19.1. The molecule has 0 saturated carbocycles. The van der Waals surface area contributed by atoms with Crippen LogP contribution in [0.4, 0.5) is 10.1 Å². The van der Waals surface area contributed by atoms with Crippen molar-refractivity contribution in [3.05, 3.63) is 72.2 Å². The highest BCUT2D eigenvalue weighted by Crippen LogP contribution is 2.40. The number of phenolic OH excluding ortho intramolecular Hbond substituents is 1. The van der Waals surface area contributed by atoms with Gasteiger partial charge in [-0.3, -0.25) is 14.6 Å². The van der Waals surface area contributed by atoms with Gasteiger partial charge in [-0.15, -0.1) is 0 Å². The molecule has 0 aliphatic carbocycles. The molecule has 2 heterocycles. The fraction of sp³-hybridized carbons (Fsp3) is 0.303. The Bertz CT molecular complexity index is 1680. The van der Waals surface area contributed by atoms with Crippen LogP contribution in [-0.4, -0.2) is 62.4 Å². The number of halogens is 1. The second-order valence-electron chi connectivity index (χ2n) is 10.5. The molecule has 0 atom stereocenters. The van der Waals surface area contributed by atoms with Gasteiger partial charge in [0.1, 0.15) is 11.3 Å². The Morgan fingerprint density at radius 3 is 2.47 bits per heavy atom. The Labute approximate surface area is 259 Å². The molecule has 1 aliphatic rings. The SMILES string of the molecule is COc1ccc(CCNC(=O)C(=O)Nc2ccc(Oc3ccnc4c(OC)c(OCC5CCNCC5)ccc34)c(F)c2)cc1O. The lowest BCUT2D eigenvalue weighted by atomic mass is 9.99. The van der Waals surface area contributed by atoms with Crippen LogP contribution in [0.3, 0.4) is 0 Å². The fourth-order valence-electron chi connectivity index (χ4n) is 5.06. The minimum Gasteiger partial charge on any atom is -0.504 e. The maximum atomic E-state index is 15.1. The van der Waals surface area contributed by atoms with Gasteiger partial charge in [-0.2, -0.15) is 0 Å². The van der Waals surface area contributed by atoms with E-state index in [2.05, 4.69) is 20.9 Å². The van der Waals surface area contributed by atoms with Gasteiger partial charge in [0.15, 0.2) is 34.6 Å². The summed E-state index contributed by atoms with van der Waals surface area (Å²) in [6.07, 6.45) is 4.01. The standard InChI is InChI=1S/C33H35FN4O7/c1-42-28-6-3-20(17-25(28)39)11-15-37-32(40)33(41)38-22-4-7-27(24(34)18-22)45-26-12-16-36-30-23(26)5-8-29(31(30)43-2)44-19-21-9-13-35-14-10-21/h3-8,12,16-18,21,35,39H,9-11,13-15,19H2,1-2H3,(H,37,40)(H,38,41). The number of aromatic hydroxyl groups is 1. The molecule has 11 nitrogen and oxygen atoms in total. The van der Waals surface area contributed by atoms with Gasteiger partial charge in [-0.25, -0.2) is 4.39 Å². The van der Waals surface area contributed by atoms with Crippen LogP contribution in [0.15, 0.2) is 60.8 Å². The van der Waals surface area contributed by atoms with Gasteiger partial charge in [-0.05, 0) is 86.3 Å². The third kappa shape index (κ3) is 7.71.